The zero-order valence-electron chi connectivity index (χ0n) is 8.11. The van der Waals surface area contributed by atoms with Crippen LogP contribution in [0.4, 0.5) is 0 Å². The van der Waals surface area contributed by atoms with Crippen molar-refractivity contribution in [1.82, 2.24) is 10.2 Å². The van der Waals surface area contributed by atoms with Crippen LogP contribution >= 0.6 is 0 Å². The molecule has 0 aromatic carbocycles. The van der Waals surface area contributed by atoms with Gasteiger partial charge in [-0.1, -0.05) is 5.16 Å². The van der Waals surface area contributed by atoms with Crippen LogP contribution < -0.4 is 0 Å². The fraction of sp³-hybridized carbons (Fsp3) is 0.556. The molecule has 0 spiro atoms. The fourth-order valence-electron chi connectivity index (χ4n) is 1.77. The van der Waals surface area contributed by atoms with Crippen molar-refractivity contribution in [3.8, 4) is 0 Å². The van der Waals surface area contributed by atoms with Crippen LogP contribution in [0.2, 0.25) is 0 Å². The third-order valence-electron chi connectivity index (χ3n) is 2.69. The maximum Gasteiger partial charge on any atom is 0.129 e. The first kappa shape index (κ1) is 8.29. The highest BCUT2D eigenvalue weighted by molar-refractivity contribution is 5.84. The molecule has 0 bridgehead atoms. The highest BCUT2D eigenvalue weighted by Crippen LogP contribution is 2.35. The minimum absolute atomic E-state index is 0.0793. The van der Waals surface area contributed by atoms with Gasteiger partial charge in [0, 0.05) is 24.7 Å². The highest BCUT2D eigenvalue weighted by atomic mass is 16.5. The van der Waals surface area contributed by atoms with Gasteiger partial charge in [-0.05, 0) is 13.8 Å². The summed E-state index contributed by atoms with van der Waals surface area (Å²) >= 11 is 0. The van der Waals surface area contributed by atoms with Gasteiger partial charge in [-0.3, -0.25) is 5.01 Å². The summed E-state index contributed by atoms with van der Waals surface area (Å²) in [5, 5.41) is 10.1. The van der Waals surface area contributed by atoms with Crippen molar-refractivity contribution in [2.45, 2.75) is 25.8 Å². The van der Waals surface area contributed by atoms with Gasteiger partial charge in [0.2, 0.25) is 0 Å². The van der Waals surface area contributed by atoms with Crippen LogP contribution in [-0.4, -0.2) is 22.9 Å². The lowest BCUT2D eigenvalue weighted by atomic mass is 9.90. The number of nitrogens with zero attached hydrogens (tertiary/aromatic N) is 3. The molecule has 1 aliphatic rings. The van der Waals surface area contributed by atoms with E-state index >= 15 is 0 Å². The van der Waals surface area contributed by atoms with Crippen molar-refractivity contribution in [3.63, 3.8) is 0 Å². The van der Waals surface area contributed by atoms with Gasteiger partial charge >= 0.3 is 0 Å². The topological polar surface area (TPSA) is 41.6 Å². The Hall–Kier alpha value is -1.32. The van der Waals surface area contributed by atoms with Crippen molar-refractivity contribution >= 4 is 5.71 Å². The number of hydrogen-bond acceptors (Lipinski definition) is 4. The molecule has 1 aromatic heterocycles. The fourth-order valence-corrected chi connectivity index (χ4v) is 1.77. The van der Waals surface area contributed by atoms with Gasteiger partial charge in [0.05, 0.1) is 11.7 Å². The Morgan fingerprint density at radius 3 is 2.85 bits per heavy atom. The van der Waals surface area contributed by atoms with E-state index in [1.807, 2.05) is 19.0 Å². The Balaban J connectivity index is 2.34. The van der Waals surface area contributed by atoms with Gasteiger partial charge in [0.15, 0.2) is 0 Å². The largest absolute Gasteiger partial charge is 0.364 e. The number of aromatic nitrogens is 1. The zero-order chi connectivity index (χ0) is 9.47. The summed E-state index contributed by atoms with van der Waals surface area (Å²) in [6, 6.07) is 0. The van der Waals surface area contributed by atoms with E-state index in [4.69, 9.17) is 4.52 Å². The Bertz CT molecular complexity index is 331. The third kappa shape index (κ3) is 1.13. The van der Waals surface area contributed by atoms with E-state index in [1.54, 1.807) is 12.5 Å². The van der Waals surface area contributed by atoms with E-state index in [-0.39, 0.29) is 5.54 Å². The van der Waals surface area contributed by atoms with Crippen LogP contribution in [0.15, 0.2) is 22.1 Å². The molecule has 0 aliphatic carbocycles. The molecule has 1 aromatic rings. The molecular formula is C9H13N3O. The van der Waals surface area contributed by atoms with Crippen LogP contribution in [0.5, 0.6) is 0 Å². The van der Waals surface area contributed by atoms with E-state index < -0.39 is 0 Å². The normalized spacial score (nSPS) is 27.9. The Morgan fingerprint density at radius 1 is 1.62 bits per heavy atom. The molecule has 0 fully saturated rings. The maximum atomic E-state index is 4.85. The van der Waals surface area contributed by atoms with Gasteiger partial charge in [0.25, 0.3) is 0 Å². The van der Waals surface area contributed by atoms with Gasteiger partial charge in [-0.25, -0.2) is 0 Å². The van der Waals surface area contributed by atoms with Gasteiger partial charge in [0.1, 0.15) is 6.26 Å². The molecule has 2 heterocycles. The van der Waals surface area contributed by atoms with Crippen molar-refractivity contribution in [2.75, 3.05) is 7.05 Å². The molecule has 1 atom stereocenters. The van der Waals surface area contributed by atoms with E-state index in [1.165, 1.54) is 0 Å². The van der Waals surface area contributed by atoms with Crippen LogP contribution in [-0.2, 0) is 5.54 Å². The first-order valence-corrected chi connectivity index (χ1v) is 4.31. The first-order chi connectivity index (χ1) is 6.13. The second-order valence-electron chi connectivity index (χ2n) is 3.72. The van der Waals surface area contributed by atoms with Crippen molar-refractivity contribution in [3.05, 3.63) is 18.0 Å². The minimum Gasteiger partial charge on any atom is -0.364 e. The van der Waals surface area contributed by atoms with Crippen molar-refractivity contribution in [1.29, 1.82) is 0 Å². The molecule has 0 saturated carbocycles. The lowest BCUT2D eigenvalue weighted by Crippen LogP contribution is -2.33. The monoisotopic (exact) mass is 179 g/mol. The lowest BCUT2D eigenvalue weighted by molar-refractivity contribution is 0.173. The summed E-state index contributed by atoms with van der Waals surface area (Å²) in [7, 11) is 1.98. The van der Waals surface area contributed by atoms with Gasteiger partial charge in [-0.15, -0.1) is 0 Å². The van der Waals surface area contributed by atoms with E-state index in [0.717, 1.165) is 17.7 Å². The first-order valence-electron chi connectivity index (χ1n) is 4.31. The van der Waals surface area contributed by atoms with Crippen LogP contribution in [0, 0.1) is 0 Å². The molecule has 2 rings (SSSR count). The Labute approximate surface area is 77.2 Å². The second kappa shape index (κ2) is 2.58. The molecular weight excluding hydrogens is 166 g/mol. The summed E-state index contributed by atoms with van der Waals surface area (Å²) in [5.41, 5.74) is 2.14. The van der Waals surface area contributed by atoms with Crippen LogP contribution in [0.3, 0.4) is 0 Å². The standard InChI is InChI=1S/C9H13N3O/c1-7-4-9(2,12(3)11-7)8-5-10-13-6-8/h5-6H,4H2,1-3H3. The molecule has 70 valence electrons. The number of rotatable bonds is 1. The average Bonchev–Trinajstić information content (AvgIpc) is 2.61. The van der Waals surface area contributed by atoms with Crippen LogP contribution in [0.25, 0.3) is 0 Å². The quantitative estimate of drug-likeness (QED) is 0.657. The second-order valence-corrected chi connectivity index (χ2v) is 3.72. The lowest BCUT2D eigenvalue weighted by Gasteiger charge is -2.29. The predicted molar refractivity (Wildman–Crippen MR) is 49.3 cm³/mol. The van der Waals surface area contributed by atoms with Gasteiger partial charge in [-0.2, -0.15) is 5.10 Å². The van der Waals surface area contributed by atoms with E-state index in [0.29, 0.717) is 0 Å². The predicted octanol–water partition coefficient (Wildman–Crippen LogP) is 1.60. The number of hydrogen-bond donors (Lipinski definition) is 0. The molecule has 4 nitrogen and oxygen atoms in total. The minimum atomic E-state index is -0.0793. The Kier molecular flexibility index (Phi) is 1.65. The summed E-state index contributed by atoms with van der Waals surface area (Å²) < 4.78 is 4.85. The average molecular weight is 179 g/mol. The van der Waals surface area contributed by atoms with E-state index in [9.17, 15) is 0 Å². The molecule has 0 radical (unpaired) electrons. The molecule has 0 amide bonds. The summed E-state index contributed by atoms with van der Waals surface area (Å²) in [6.07, 6.45) is 4.37. The molecule has 1 aliphatic heterocycles. The molecule has 4 heteroatoms. The molecule has 1 unspecified atom stereocenters. The van der Waals surface area contributed by atoms with E-state index in [2.05, 4.69) is 17.2 Å². The molecule has 13 heavy (non-hydrogen) atoms. The molecule has 0 N–H and O–H groups in total. The van der Waals surface area contributed by atoms with Gasteiger partial charge < -0.3 is 4.52 Å². The smallest absolute Gasteiger partial charge is 0.129 e. The van der Waals surface area contributed by atoms with Crippen molar-refractivity contribution in [2.24, 2.45) is 5.10 Å². The van der Waals surface area contributed by atoms with Crippen LogP contribution in [0.1, 0.15) is 25.8 Å². The number of hydrazone groups is 1. The molecule has 0 saturated heterocycles. The third-order valence-corrected chi connectivity index (χ3v) is 2.69. The summed E-state index contributed by atoms with van der Waals surface area (Å²) in [6.45, 7) is 4.18. The van der Waals surface area contributed by atoms with Crippen molar-refractivity contribution < 1.29 is 4.52 Å². The maximum absolute atomic E-state index is 4.85. The summed E-state index contributed by atoms with van der Waals surface area (Å²) in [5.74, 6) is 0. The zero-order valence-corrected chi connectivity index (χ0v) is 8.11. The SMILES string of the molecule is CC1=NN(C)C(C)(c2cnoc2)C1. The Morgan fingerprint density at radius 2 is 2.38 bits per heavy atom. The highest BCUT2D eigenvalue weighted by Gasteiger charge is 2.37. The summed E-state index contributed by atoms with van der Waals surface area (Å²) in [4.78, 5) is 0.